The molecule has 0 N–H and O–H groups in total. The van der Waals surface area contributed by atoms with E-state index in [9.17, 15) is 0 Å². The van der Waals surface area contributed by atoms with Gasteiger partial charge in [-0.1, -0.05) is 226 Å². The standard InChI is InChI=1S/C73H47NO/c1-71(2)59-26-12-7-25-55(59)58-41-46(35-40-60(58)71)74(47-33-36-56-53-23-10-15-29-63(53)72(67(56)42-47)61-27-13-8-21-51(61)52-22-9-14-28-62(52)72)48-34-37-57-54-24-11-16-30-64(54)73(68(57)43-48)65-38-31-44-17-3-5-19-49(44)69(65)75-70-50-20-6-4-18-45(50)32-39-66(70)73/h3-43H,1-2H3. The zero-order valence-corrected chi connectivity index (χ0v) is 41.5. The largest absolute Gasteiger partial charge is 0.455 e. The molecule has 5 aliphatic rings. The number of nitrogens with zero attached hydrogens (tertiary/aromatic N) is 1. The first-order valence-electron chi connectivity index (χ1n) is 26.4. The molecule has 0 unspecified atom stereocenters. The molecule has 4 aliphatic carbocycles. The van der Waals surface area contributed by atoms with Crippen LogP contribution in [0.25, 0.3) is 66.1 Å². The average molecular weight is 954 g/mol. The van der Waals surface area contributed by atoms with Crippen molar-refractivity contribution in [3.63, 3.8) is 0 Å². The van der Waals surface area contributed by atoms with Crippen LogP contribution in [0.3, 0.4) is 0 Å². The zero-order valence-electron chi connectivity index (χ0n) is 41.5. The molecule has 350 valence electrons. The van der Waals surface area contributed by atoms with Crippen molar-refractivity contribution >= 4 is 38.6 Å². The minimum atomic E-state index is -0.702. The van der Waals surface area contributed by atoms with E-state index >= 15 is 0 Å². The van der Waals surface area contributed by atoms with Crippen molar-refractivity contribution in [3.8, 4) is 56.0 Å². The third-order valence-electron chi connectivity index (χ3n) is 18.1. The van der Waals surface area contributed by atoms with Crippen LogP contribution in [0.15, 0.2) is 249 Å². The molecule has 0 aromatic heterocycles. The van der Waals surface area contributed by atoms with Crippen molar-refractivity contribution in [2.24, 2.45) is 0 Å². The van der Waals surface area contributed by atoms with Crippen LogP contribution in [0.2, 0.25) is 0 Å². The lowest BCUT2D eigenvalue weighted by atomic mass is 9.65. The van der Waals surface area contributed by atoms with Crippen LogP contribution in [0.1, 0.15) is 69.5 Å². The second-order valence-corrected chi connectivity index (χ2v) is 21.8. The van der Waals surface area contributed by atoms with Crippen LogP contribution in [0, 0.1) is 0 Å². The number of anilines is 3. The first-order valence-corrected chi connectivity index (χ1v) is 26.4. The Kier molecular flexibility index (Phi) is 7.97. The minimum Gasteiger partial charge on any atom is -0.455 e. The number of benzene rings is 12. The maximum Gasteiger partial charge on any atom is 0.140 e. The molecule has 2 heteroatoms. The molecule has 12 aromatic carbocycles. The molecule has 1 aliphatic heterocycles. The number of hydrogen-bond acceptors (Lipinski definition) is 2. The van der Waals surface area contributed by atoms with E-state index in [4.69, 9.17) is 4.74 Å². The Balaban J connectivity index is 0.967. The first kappa shape index (κ1) is 41.3. The molecule has 0 radical (unpaired) electrons. The van der Waals surface area contributed by atoms with Crippen LogP contribution in [0.4, 0.5) is 17.1 Å². The van der Waals surface area contributed by atoms with Gasteiger partial charge in [0.1, 0.15) is 11.5 Å². The van der Waals surface area contributed by atoms with Crippen molar-refractivity contribution in [3.05, 3.63) is 304 Å². The SMILES string of the molecule is CC1(C)c2ccccc2-c2cc(N(c3ccc4c(c3)C3(c5ccccc5-c5ccccc53)c3ccccc3-4)c3ccc4c(c3)C3(c5ccccc5-4)c4ccc5ccccc5c4Oc4c3ccc3ccccc43)ccc21. The summed E-state index contributed by atoms with van der Waals surface area (Å²) in [6.07, 6.45) is 0. The minimum absolute atomic E-state index is 0.131. The summed E-state index contributed by atoms with van der Waals surface area (Å²) in [6.45, 7) is 4.75. The highest BCUT2D eigenvalue weighted by Gasteiger charge is 2.54. The quantitative estimate of drug-likeness (QED) is 0.175. The van der Waals surface area contributed by atoms with Crippen molar-refractivity contribution in [2.45, 2.75) is 30.1 Å². The normalized spacial score (nSPS) is 15.2. The first-order chi connectivity index (χ1) is 37.0. The molecular formula is C73H47NO. The fraction of sp³-hybridized carbons (Fsp3) is 0.0685. The lowest BCUT2D eigenvalue weighted by molar-refractivity contribution is 0.447. The van der Waals surface area contributed by atoms with Gasteiger partial charge in [-0.25, -0.2) is 0 Å². The molecule has 0 fully saturated rings. The third kappa shape index (κ3) is 5.05. The monoisotopic (exact) mass is 953 g/mol. The van der Waals surface area contributed by atoms with Gasteiger partial charge in [-0.05, 0) is 136 Å². The maximum atomic E-state index is 7.38. The number of ether oxygens (including phenoxy) is 1. The number of fused-ring (bicyclic) bond motifs is 26. The summed E-state index contributed by atoms with van der Waals surface area (Å²) in [5, 5.41) is 4.54. The van der Waals surface area contributed by atoms with Crippen LogP contribution in [-0.4, -0.2) is 0 Å². The molecule has 1 heterocycles. The van der Waals surface area contributed by atoms with Gasteiger partial charge in [-0.15, -0.1) is 0 Å². The van der Waals surface area contributed by atoms with E-state index in [-0.39, 0.29) is 5.41 Å². The van der Waals surface area contributed by atoms with Crippen molar-refractivity contribution in [2.75, 3.05) is 4.90 Å². The predicted molar refractivity (Wildman–Crippen MR) is 307 cm³/mol. The second kappa shape index (κ2) is 14.5. The van der Waals surface area contributed by atoms with E-state index in [1.165, 1.54) is 89.0 Å². The average Bonchev–Trinajstić information content (AvgIpc) is 4.13. The van der Waals surface area contributed by atoms with E-state index in [1.807, 2.05) is 0 Å². The Bertz CT molecular complexity index is 4370. The molecule has 12 aromatic rings. The van der Waals surface area contributed by atoms with Crippen LogP contribution in [-0.2, 0) is 16.2 Å². The predicted octanol–water partition coefficient (Wildman–Crippen LogP) is 18.6. The molecule has 0 atom stereocenters. The van der Waals surface area contributed by atoms with E-state index < -0.39 is 10.8 Å². The molecule has 0 amide bonds. The van der Waals surface area contributed by atoms with Gasteiger partial charge in [-0.3, -0.25) is 0 Å². The molecule has 0 saturated carbocycles. The van der Waals surface area contributed by atoms with Gasteiger partial charge in [0, 0.05) is 44.4 Å². The lowest BCUT2D eigenvalue weighted by Gasteiger charge is -2.40. The van der Waals surface area contributed by atoms with E-state index in [1.54, 1.807) is 0 Å². The highest BCUT2D eigenvalue weighted by molar-refractivity contribution is 6.02. The van der Waals surface area contributed by atoms with E-state index in [2.05, 4.69) is 267 Å². The summed E-state index contributed by atoms with van der Waals surface area (Å²) in [5.41, 5.74) is 25.2. The summed E-state index contributed by atoms with van der Waals surface area (Å²) in [5.74, 6) is 1.84. The number of hydrogen-bond donors (Lipinski definition) is 0. The molecule has 2 spiro atoms. The summed E-state index contributed by atoms with van der Waals surface area (Å²) in [6, 6.07) is 94.0. The van der Waals surface area contributed by atoms with Gasteiger partial charge in [-0.2, -0.15) is 0 Å². The second-order valence-electron chi connectivity index (χ2n) is 21.8. The van der Waals surface area contributed by atoms with Gasteiger partial charge in [0.2, 0.25) is 0 Å². The lowest BCUT2D eigenvalue weighted by Crippen LogP contribution is -2.32. The molecule has 0 saturated heterocycles. The van der Waals surface area contributed by atoms with Gasteiger partial charge in [0.15, 0.2) is 0 Å². The van der Waals surface area contributed by atoms with Crippen LogP contribution < -0.4 is 9.64 Å². The molecule has 0 bridgehead atoms. The van der Waals surface area contributed by atoms with E-state index in [0.717, 1.165) is 61.2 Å². The van der Waals surface area contributed by atoms with Crippen LogP contribution >= 0.6 is 0 Å². The Hall–Kier alpha value is -9.24. The summed E-state index contributed by atoms with van der Waals surface area (Å²) in [4.78, 5) is 2.55. The Morgan fingerprint density at radius 3 is 1.08 bits per heavy atom. The van der Waals surface area contributed by atoms with Crippen LogP contribution in [0.5, 0.6) is 11.5 Å². The maximum absolute atomic E-state index is 7.38. The Morgan fingerprint density at radius 1 is 0.267 bits per heavy atom. The van der Waals surface area contributed by atoms with Gasteiger partial charge in [0.25, 0.3) is 0 Å². The Morgan fingerprint density at radius 2 is 0.600 bits per heavy atom. The van der Waals surface area contributed by atoms with Gasteiger partial charge in [0.05, 0.1) is 10.8 Å². The van der Waals surface area contributed by atoms with Gasteiger partial charge < -0.3 is 9.64 Å². The van der Waals surface area contributed by atoms with Crippen molar-refractivity contribution < 1.29 is 4.74 Å². The number of rotatable bonds is 3. The van der Waals surface area contributed by atoms with Crippen molar-refractivity contribution in [1.82, 2.24) is 0 Å². The Labute approximate surface area is 436 Å². The smallest absolute Gasteiger partial charge is 0.140 e. The summed E-state index contributed by atoms with van der Waals surface area (Å²) in [7, 11) is 0. The molecular weight excluding hydrogens is 907 g/mol. The van der Waals surface area contributed by atoms with Gasteiger partial charge >= 0.3 is 0 Å². The summed E-state index contributed by atoms with van der Waals surface area (Å²) < 4.78 is 7.38. The fourth-order valence-electron chi connectivity index (χ4n) is 15.0. The third-order valence-corrected chi connectivity index (χ3v) is 18.1. The highest BCUT2D eigenvalue weighted by atomic mass is 16.5. The van der Waals surface area contributed by atoms with Crippen molar-refractivity contribution in [1.29, 1.82) is 0 Å². The molecule has 17 rings (SSSR count). The highest BCUT2D eigenvalue weighted by Crippen LogP contribution is 2.66. The summed E-state index contributed by atoms with van der Waals surface area (Å²) >= 11 is 0. The zero-order chi connectivity index (χ0) is 49.4. The van der Waals surface area contributed by atoms with E-state index in [0.29, 0.717) is 0 Å². The molecule has 2 nitrogen and oxygen atoms in total. The molecule has 75 heavy (non-hydrogen) atoms. The fourth-order valence-corrected chi connectivity index (χ4v) is 15.0. The topological polar surface area (TPSA) is 12.5 Å².